The van der Waals surface area contributed by atoms with E-state index in [1.807, 2.05) is 0 Å². The molecule has 1 aromatic rings. The highest BCUT2D eigenvalue weighted by molar-refractivity contribution is 5.88. The molecule has 2 heterocycles. The zero-order chi connectivity index (χ0) is 15.2. The minimum absolute atomic E-state index is 0.359. The number of esters is 1. The molecule has 0 radical (unpaired) electrons. The van der Waals surface area contributed by atoms with Gasteiger partial charge in [-0.1, -0.05) is 13.8 Å². The number of hydrogen-bond acceptors (Lipinski definition) is 5. The molecule has 0 amide bonds. The summed E-state index contributed by atoms with van der Waals surface area (Å²) in [5.74, 6) is 1.03. The van der Waals surface area contributed by atoms with Gasteiger partial charge < -0.3 is 14.5 Å². The number of methoxy groups -OCH3 is 1. The van der Waals surface area contributed by atoms with Crippen LogP contribution in [0.1, 0.15) is 42.8 Å². The van der Waals surface area contributed by atoms with E-state index in [0.717, 1.165) is 12.3 Å². The van der Waals surface area contributed by atoms with E-state index in [-0.39, 0.29) is 5.97 Å². The fourth-order valence-corrected chi connectivity index (χ4v) is 2.90. The van der Waals surface area contributed by atoms with E-state index >= 15 is 0 Å². The molecule has 1 fully saturated rings. The maximum atomic E-state index is 11.4. The van der Waals surface area contributed by atoms with Gasteiger partial charge in [-0.15, -0.1) is 0 Å². The largest absolute Gasteiger partial charge is 0.467 e. The van der Waals surface area contributed by atoms with Crippen LogP contribution in [0, 0.1) is 5.92 Å². The fraction of sp³-hybridized carbons (Fsp3) is 0.688. The van der Waals surface area contributed by atoms with Gasteiger partial charge in [0.1, 0.15) is 12.0 Å². The predicted molar refractivity (Wildman–Crippen MR) is 81.2 cm³/mol. The van der Waals surface area contributed by atoms with E-state index in [9.17, 15) is 4.79 Å². The molecular weight excluding hydrogens is 268 g/mol. The summed E-state index contributed by atoms with van der Waals surface area (Å²) in [6.07, 6.45) is 4.07. The Labute approximate surface area is 126 Å². The van der Waals surface area contributed by atoms with Gasteiger partial charge >= 0.3 is 5.97 Å². The van der Waals surface area contributed by atoms with Crippen LogP contribution in [0.2, 0.25) is 0 Å². The van der Waals surface area contributed by atoms with Crippen LogP contribution in [0.4, 0.5) is 0 Å². The lowest BCUT2D eigenvalue weighted by molar-refractivity contribution is 0.0600. The SMILES string of the molecule is COC(=O)c1coc(CNCC(C(C)C)N2CCCC2)c1. The normalized spacial score (nSPS) is 17.3. The standard InChI is InChI=1S/C16H26N2O3/c1-12(2)15(18-6-4-5-7-18)10-17-9-14-8-13(11-21-14)16(19)20-3/h8,11-12,15,17H,4-7,9-10H2,1-3H3. The Morgan fingerprint density at radius 2 is 2.14 bits per heavy atom. The minimum atomic E-state index is -0.359. The van der Waals surface area contributed by atoms with Crippen molar-refractivity contribution >= 4 is 5.97 Å². The first-order valence-electron chi connectivity index (χ1n) is 7.72. The summed E-state index contributed by atoms with van der Waals surface area (Å²) in [6.45, 7) is 8.52. The van der Waals surface area contributed by atoms with E-state index in [0.29, 0.717) is 24.1 Å². The number of likely N-dealkylation sites (tertiary alicyclic amines) is 1. The molecule has 21 heavy (non-hydrogen) atoms. The molecule has 1 saturated heterocycles. The van der Waals surface area contributed by atoms with Crippen molar-refractivity contribution < 1.29 is 13.9 Å². The van der Waals surface area contributed by atoms with E-state index in [4.69, 9.17) is 4.42 Å². The molecule has 1 aliphatic rings. The molecule has 0 aliphatic carbocycles. The van der Waals surface area contributed by atoms with Crippen molar-refractivity contribution in [3.63, 3.8) is 0 Å². The molecule has 5 nitrogen and oxygen atoms in total. The Morgan fingerprint density at radius 1 is 1.43 bits per heavy atom. The third-order valence-electron chi connectivity index (χ3n) is 4.11. The zero-order valence-corrected chi connectivity index (χ0v) is 13.2. The van der Waals surface area contributed by atoms with Crippen LogP contribution in [0.3, 0.4) is 0 Å². The summed E-state index contributed by atoms with van der Waals surface area (Å²) in [5, 5.41) is 3.44. The second-order valence-corrected chi connectivity index (χ2v) is 5.98. The van der Waals surface area contributed by atoms with E-state index in [1.165, 1.54) is 39.3 Å². The van der Waals surface area contributed by atoms with Crippen molar-refractivity contribution in [3.8, 4) is 0 Å². The number of rotatable bonds is 7. The minimum Gasteiger partial charge on any atom is -0.467 e. The summed E-state index contributed by atoms with van der Waals surface area (Å²) in [4.78, 5) is 13.9. The first-order valence-corrected chi connectivity index (χ1v) is 7.72. The van der Waals surface area contributed by atoms with Gasteiger partial charge in [0.15, 0.2) is 0 Å². The van der Waals surface area contributed by atoms with Gasteiger partial charge in [-0.25, -0.2) is 4.79 Å². The van der Waals surface area contributed by atoms with E-state index < -0.39 is 0 Å². The van der Waals surface area contributed by atoms with Gasteiger partial charge in [-0.2, -0.15) is 0 Å². The molecule has 5 heteroatoms. The second kappa shape index (κ2) is 7.61. The highest BCUT2D eigenvalue weighted by Crippen LogP contribution is 2.17. The molecule has 0 aromatic carbocycles. The van der Waals surface area contributed by atoms with Crippen LogP contribution in [-0.2, 0) is 11.3 Å². The van der Waals surface area contributed by atoms with Gasteiger partial charge in [0, 0.05) is 12.6 Å². The smallest absolute Gasteiger partial charge is 0.341 e. The van der Waals surface area contributed by atoms with Crippen molar-refractivity contribution in [2.24, 2.45) is 5.92 Å². The molecule has 2 rings (SSSR count). The third kappa shape index (κ3) is 4.32. The summed E-state index contributed by atoms with van der Waals surface area (Å²) < 4.78 is 10.0. The average molecular weight is 294 g/mol. The van der Waals surface area contributed by atoms with Crippen LogP contribution in [-0.4, -0.2) is 43.7 Å². The number of nitrogens with one attached hydrogen (secondary N) is 1. The molecule has 1 unspecified atom stereocenters. The number of ether oxygens (including phenoxy) is 1. The van der Waals surface area contributed by atoms with Crippen LogP contribution in [0.25, 0.3) is 0 Å². The number of furan rings is 1. The molecule has 0 bridgehead atoms. The maximum absolute atomic E-state index is 11.4. The Balaban J connectivity index is 1.81. The first kappa shape index (κ1) is 16.0. The molecule has 0 saturated carbocycles. The number of carbonyl (C=O) groups is 1. The van der Waals surface area contributed by atoms with Gasteiger partial charge in [-0.05, 0) is 37.9 Å². The van der Waals surface area contributed by atoms with Gasteiger partial charge in [0.2, 0.25) is 0 Å². The van der Waals surface area contributed by atoms with Gasteiger partial charge in [0.25, 0.3) is 0 Å². The highest BCUT2D eigenvalue weighted by atomic mass is 16.5. The molecule has 0 spiro atoms. The number of nitrogens with zero attached hydrogens (tertiary/aromatic N) is 1. The lowest BCUT2D eigenvalue weighted by Gasteiger charge is -2.31. The zero-order valence-electron chi connectivity index (χ0n) is 13.2. The average Bonchev–Trinajstić information content (AvgIpc) is 3.13. The second-order valence-electron chi connectivity index (χ2n) is 5.98. The first-order chi connectivity index (χ1) is 10.1. The molecule has 1 aromatic heterocycles. The van der Waals surface area contributed by atoms with Crippen molar-refractivity contribution in [2.45, 2.75) is 39.3 Å². The monoisotopic (exact) mass is 294 g/mol. The summed E-state index contributed by atoms with van der Waals surface area (Å²) in [7, 11) is 1.37. The van der Waals surface area contributed by atoms with Crippen molar-refractivity contribution in [3.05, 3.63) is 23.7 Å². The highest BCUT2D eigenvalue weighted by Gasteiger charge is 2.24. The van der Waals surface area contributed by atoms with E-state index in [2.05, 4.69) is 28.8 Å². The van der Waals surface area contributed by atoms with Crippen LogP contribution in [0.15, 0.2) is 16.7 Å². The lowest BCUT2D eigenvalue weighted by Crippen LogP contribution is -2.44. The summed E-state index contributed by atoms with van der Waals surface area (Å²) in [5.41, 5.74) is 0.467. The van der Waals surface area contributed by atoms with Crippen LogP contribution >= 0.6 is 0 Å². The Kier molecular flexibility index (Phi) is 5.82. The maximum Gasteiger partial charge on any atom is 0.341 e. The van der Waals surface area contributed by atoms with Crippen LogP contribution in [0.5, 0.6) is 0 Å². The van der Waals surface area contributed by atoms with E-state index in [1.54, 1.807) is 6.07 Å². The third-order valence-corrected chi connectivity index (χ3v) is 4.11. The van der Waals surface area contributed by atoms with Crippen LogP contribution < -0.4 is 5.32 Å². The molecular formula is C16H26N2O3. The fourth-order valence-electron chi connectivity index (χ4n) is 2.90. The Morgan fingerprint density at radius 3 is 2.76 bits per heavy atom. The summed E-state index contributed by atoms with van der Waals surface area (Å²) >= 11 is 0. The van der Waals surface area contributed by atoms with Crippen molar-refractivity contribution in [1.82, 2.24) is 10.2 Å². The van der Waals surface area contributed by atoms with Gasteiger partial charge in [0.05, 0.1) is 19.2 Å². The van der Waals surface area contributed by atoms with Crippen molar-refractivity contribution in [1.29, 1.82) is 0 Å². The lowest BCUT2D eigenvalue weighted by atomic mass is 10.0. The molecule has 1 atom stereocenters. The molecule has 1 N–H and O–H groups in total. The molecule has 118 valence electrons. The Bertz CT molecular complexity index is 450. The Hall–Kier alpha value is -1.33. The number of carbonyl (C=O) groups excluding carboxylic acids is 1. The quantitative estimate of drug-likeness (QED) is 0.782. The number of hydrogen-bond donors (Lipinski definition) is 1. The van der Waals surface area contributed by atoms with Crippen molar-refractivity contribution in [2.75, 3.05) is 26.7 Å². The van der Waals surface area contributed by atoms with Gasteiger partial charge in [-0.3, -0.25) is 4.90 Å². The molecule has 1 aliphatic heterocycles. The predicted octanol–water partition coefficient (Wildman–Crippen LogP) is 2.28. The summed E-state index contributed by atoms with van der Waals surface area (Å²) in [6, 6.07) is 2.29. The topological polar surface area (TPSA) is 54.7 Å².